The first-order valence-electron chi connectivity index (χ1n) is 15.2. The first kappa shape index (κ1) is 27.4. The van der Waals surface area contributed by atoms with Crippen LogP contribution in [0.1, 0.15) is 109 Å². The molecule has 208 valence electrons. The summed E-state index contributed by atoms with van der Waals surface area (Å²) in [7, 11) is 0. The first-order valence-corrected chi connectivity index (χ1v) is 15.2. The molecule has 0 saturated heterocycles. The second-order valence-corrected chi connectivity index (χ2v) is 14.0. The maximum Gasteiger partial charge on any atom is 0.338 e. The van der Waals surface area contributed by atoms with Crippen LogP contribution in [0.15, 0.2) is 41.6 Å². The molecule has 0 heterocycles. The van der Waals surface area contributed by atoms with Crippen LogP contribution in [-0.2, 0) is 4.74 Å². The van der Waals surface area contributed by atoms with E-state index in [1.165, 1.54) is 38.5 Å². The van der Waals surface area contributed by atoms with E-state index < -0.39 is 0 Å². The zero-order valence-electron chi connectivity index (χ0n) is 24.1. The molecule has 0 bridgehead atoms. The van der Waals surface area contributed by atoms with E-state index in [2.05, 4.69) is 34.6 Å². The van der Waals surface area contributed by atoms with Crippen LogP contribution < -0.4 is 0 Å². The Bertz CT molecular complexity index is 1080. The molecule has 0 unspecified atom stereocenters. The molecule has 5 rings (SSSR count). The molecule has 38 heavy (non-hydrogen) atoms. The molecule has 0 spiro atoms. The van der Waals surface area contributed by atoms with Gasteiger partial charge in [-0.2, -0.15) is 0 Å². The molecule has 1 aromatic carbocycles. The van der Waals surface area contributed by atoms with Crippen LogP contribution in [-0.4, -0.2) is 17.0 Å². The van der Waals surface area contributed by atoms with Crippen molar-refractivity contribution in [3.63, 3.8) is 0 Å². The summed E-state index contributed by atoms with van der Waals surface area (Å²) >= 11 is 0. The fourth-order valence-electron chi connectivity index (χ4n) is 9.59. The molecule has 3 fully saturated rings. The lowest BCUT2D eigenvalue weighted by Crippen LogP contribution is -2.52. The Balaban J connectivity index is 1.38. The Morgan fingerprint density at radius 3 is 2.42 bits per heavy atom. The molecule has 0 aromatic heterocycles. The summed E-state index contributed by atoms with van der Waals surface area (Å²) < 4.78 is 5.91. The zero-order chi connectivity index (χ0) is 27.2. The number of benzene rings is 1. The highest BCUT2D eigenvalue weighted by molar-refractivity contribution is 5.89. The highest BCUT2D eigenvalue weighted by Crippen LogP contribution is 2.68. The minimum absolute atomic E-state index is 0.0885. The van der Waals surface area contributed by atoms with Gasteiger partial charge in [0.05, 0.1) is 10.5 Å². The van der Waals surface area contributed by atoms with Crippen molar-refractivity contribution in [3.8, 4) is 0 Å². The summed E-state index contributed by atoms with van der Waals surface area (Å²) in [4.78, 5) is 25.2. The molecule has 4 aliphatic rings. The smallest absolute Gasteiger partial charge is 0.338 e. The minimum atomic E-state index is -0.326. The van der Waals surface area contributed by atoms with Crippen LogP contribution in [0.4, 0.5) is 0 Å². The predicted molar refractivity (Wildman–Crippen MR) is 150 cm³/mol. The van der Waals surface area contributed by atoms with Crippen molar-refractivity contribution < 1.29 is 14.5 Å². The summed E-state index contributed by atoms with van der Waals surface area (Å²) in [5, 5.41) is 12.5. The molecule has 0 N–H and O–H groups in total. The van der Waals surface area contributed by atoms with Crippen LogP contribution in [0.3, 0.4) is 0 Å². The molecule has 5 nitrogen and oxygen atoms in total. The topological polar surface area (TPSA) is 69.4 Å². The van der Waals surface area contributed by atoms with Gasteiger partial charge in [0.25, 0.3) is 0 Å². The average molecular weight is 522 g/mol. The van der Waals surface area contributed by atoms with E-state index in [0.29, 0.717) is 47.3 Å². The van der Waals surface area contributed by atoms with E-state index in [9.17, 15) is 14.9 Å². The molecule has 5 heteroatoms. The third kappa shape index (κ3) is 4.73. The number of hydrogen-bond acceptors (Lipinski definition) is 4. The normalized spacial score (nSPS) is 37.3. The number of ether oxygens (including phenoxy) is 1. The molecule has 1 aromatic rings. The fraction of sp³-hybridized carbons (Fsp3) is 0.727. The van der Waals surface area contributed by atoms with E-state index in [1.54, 1.807) is 12.1 Å². The standard InChI is InChI=1S/C33H47NO4/c1-21(2)11-12-22(3)26-13-14-27-25-20-30(34(36)37)29-19-24(38-31(35)23-9-7-6-8-10-23)15-17-33(29,5)28(25)16-18-32(26,27)4/h6-10,21-22,24-28H,11-20H2,1-5H3/t22-,24-,25-,26+,27-,28-,32+,33+/m0/s1. The summed E-state index contributed by atoms with van der Waals surface area (Å²) in [5.41, 5.74) is 2.09. The number of nitro groups is 1. The van der Waals surface area contributed by atoms with Gasteiger partial charge in [-0.3, -0.25) is 10.1 Å². The number of hydrogen-bond donors (Lipinski definition) is 0. The van der Waals surface area contributed by atoms with E-state index in [0.717, 1.165) is 36.2 Å². The number of rotatable bonds is 7. The van der Waals surface area contributed by atoms with Crippen LogP contribution in [0.25, 0.3) is 0 Å². The molecule has 3 saturated carbocycles. The lowest BCUT2D eigenvalue weighted by Gasteiger charge is -2.58. The molecule has 4 aliphatic carbocycles. The van der Waals surface area contributed by atoms with Crippen LogP contribution in [0.5, 0.6) is 0 Å². The maximum atomic E-state index is 12.8. The minimum Gasteiger partial charge on any atom is -0.458 e. The van der Waals surface area contributed by atoms with Crippen molar-refractivity contribution in [2.75, 3.05) is 0 Å². The summed E-state index contributed by atoms with van der Waals surface area (Å²) in [5.74, 6) is 3.34. The zero-order valence-corrected chi connectivity index (χ0v) is 24.1. The van der Waals surface area contributed by atoms with Crippen molar-refractivity contribution in [1.29, 1.82) is 0 Å². The van der Waals surface area contributed by atoms with Crippen LogP contribution in [0.2, 0.25) is 0 Å². The van der Waals surface area contributed by atoms with Crippen molar-refractivity contribution >= 4 is 5.97 Å². The van der Waals surface area contributed by atoms with Crippen molar-refractivity contribution in [2.24, 2.45) is 46.3 Å². The number of fused-ring (bicyclic) bond motifs is 5. The SMILES string of the molecule is CC(C)CC[C@H](C)[C@H]1CC[C@H]2[C@@H]3CC([N+](=O)[O-])=C4C[C@@H](OC(=O)c5ccccc5)CC[C@]4(C)[C@H]3CC[C@]12C. The van der Waals surface area contributed by atoms with Crippen LogP contribution in [0, 0.1) is 56.5 Å². The highest BCUT2D eigenvalue weighted by Gasteiger charge is 2.62. The summed E-state index contributed by atoms with van der Waals surface area (Å²) in [6, 6.07) is 9.07. The van der Waals surface area contributed by atoms with Gasteiger partial charge in [0, 0.05) is 18.4 Å². The molecule has 0 radical (unpaired) electrons. The Morgan fingerprint density at radius 1 is 1.00 bits per heavy atom. The van der Waals surface area contributed by atoms with Crippen molar-refractivity contribution in [3.05, 3.63) is 57.3 Å². The van der Waals surface area contributed by atoms with E-state index >= 15 is 0 Å². The largest absolute Gasteiger partial charge is 0.458 e. The van der Waals surface area contributed by atoms with Gasteiger partial charge in [0.2, 0.25) is 5.70 Å². The van der Waals surface area contributed by atoms with E-state index in [-0.39, 0.29) is 22.4 Å². The molecular formula is C33H47NO4. The Morgan fingerprint density at radius 2 is 1.74 bits per heavy atom. The number of esters is 1. The van der Waals surface area contributed by atoms with Gasteiger partial charge in [-0.05, 0) is 97.0 Å². The lowest BCUT2D eigenvalue weighted by atomic mass is 9.46. The number of carbonyl (C=O) groups excluding carboxylic acids is 1. The van der Waals surface area contributed by atoms with Gasteiger partial charge in [-0.1, -0.05) is 65.7 Å². The third-order valence-corrected chi connectivity index (χ3v) is 11.6. The lowest BCUT2D eigenvalue weighted by molar-refractivity contribution is -0.434. The Labute approximate surface area is 228 Å². The first-order chi connectivity index (χ1) is 18.0. The average Bonchev–Trinajstić information content (AvgIpc) is 3.25. The van der Waals surface area contributed by atoms with Gasteiger partial charge in [0.1, 0.15) is 6.10 Å². The molecule has 8 atom stereocenters. The maximum absolute atomic E-state index is 12.8. The van der Waals surface area contributed by atoms with Crippen molar-refractivity contribution in [1.82, 2.24) is 0 Å². The van der Waals surface area contributed by atoms with Gasteiger partial charge in [-0.25, -0.2) is 4.79 Å². The monoisotopic (exact) mass is 521 g/mol. The quantitative estimate of drug-likeness (QED) is 0.205. The van der Waals surface area contributed by atoms with Crippen LogP contribution >= 0.6 is 0 Å². The van der Waals surface area contributed by atoms with E-state index in [4.69, 9.17) is 4.74 Å². The number of nitrogens with zero attached hydrogens (tertiary/aromatic N) is 1. The van der Waals surface area contributed by atoms with E-state index in [1.807, 2.05) is 18.2 Å². The summed E-state index contributed by atoms with van der Waals surface area (Å²) in [6.07, 6.45) is 9.96. The van der Waals surface area contributed by atoms with Crippen molar-refractivity contribution in [2.45, 2.75) is 105 Å². The summed E-state index contributed by atoms with van der Waals surface area (Å²) in [6.45, 7) is 11.9. The van der Waals surface area contributed by atoms with Gasteiger partial charge >= 0.3 is 5.97 Å². The predicted octanol–water partition coefficient (Wildman–Crippen LogP) is 8.47. The highest BCUT2D eigenvalue weighted by atomic mass is 16.6. The van der Waals surface area contributed by atoms with Gasteiger partial charge in [-0.15, -0.1) is 0 Å². The Kier molecular flexibility index (Phi) is 7.52. The number of allylic oxidation sites excluding steroid dienone is 1. The Hall–Kier alpha value is -2.17. The fourth-order valence-corrected chi connectivity index (χ4v) is 9.59. The number of carbonyl (C=O) groups is 1. The van der Waals surface area contributed by atoms with Gasteiger partial charge < -0.3 is 4.74 Å². The molecule has 0 aliphatic heterocycles. The third-order valence-electron chi connectivity index (χ3n) is 11.6. The second-order valence-electron chi connectivity index (χ2n) is 14.0. The molecule has 0 amide bonds. The second kappa shape index (κ2) is 10.4. The molecular weight excluding hydrogens is 474 g/mol. The van der Waals surface area contributed by atoms with Gasteiger partial charge in [0.15, 0.2) is 0 Å².